The van der Waals surface area contributed by atoms with Gasteiger partial charge in [-0.1, -0.05) is 36.4 Å². The van der Waals surface area contributed by atoms with Crippen LogP contribution in [-0.4, -0.2) is 74.7 Å². The standard InChI is InChI=1S/C25H31N5O4S/c1-28(2)16-10-15-26-25(32)22(27-24(31)19-11-6-5-7-12-19)17-20-18-30(35(33,34)29(3)4)23-14-9-8-13-21(20)23/h5-9,11-14,17-18H,10,15-16H2,1-4H3,(H,26,32)(H,27,31)/b22-17-. The first-order chi connectivity index (χ1) is 16.6. The minimum Gasteiger partial charge on any atom is -0.351 e. The molecule has 0 aliphatic heterocycles. The Bertz CT molecular complexity index is 1330. The molecule has 0 radical (unpaired) electrons. The molecule has 1 aromatic heterocycles. The fourth-order valence-corrected chi connectivity index (χ4v) is 4.45. The van der Waals surface area contributed by atoms with E-state index < -0.39 is 22.0 Å². The molecular formula is C25H31N5O4S. The van der Waals surface area contributed by atoms with Crippen LogP contribution in [0.2, 0.25) is 0 Å². The molecule has 3 aromatic rings. The number of benzene rings is 2. The van der Waals surface area contributed by atoms with Crippen LogP contribution in [0.15, 0.2) is 66.5 Å². The molecule has 3 rings (SSSR count). The second-order valence-corrected chi connectivity index (χ2v) is 10.5. The predicted molar refractivity (Wildman–Crippen MR) is 138 cm³/mol. The third-order valence-corrected chi connectivity index (χ3v) is 7.04. The second-order valence-electron chi connectivity index (χ2n) is 8.48. The van der Waals surface area contributed by atoms with Gasteiger partial charge in [-0.25, -0.2) is 3.97 Å². The summed E-state index contributed by atoms with van der Waals surface area (Å²) >= 11 is 0. The van der Waals surface area contributed by atoms with E-state index >= 15 is 0 Å². The summed E-state index contributed by atoms with van der Waals surface area (Å²) in [5, 5.41) is 6.16. The molecule has 10 heteroatoms. The van der Waals surface area contributed by atoms with Crippen LogP contribution < -0.4 is 10.6 Å². The number of fused-ring (bicyclic) bond motifs is 1. The third kappa shape index (κ3) is 6.36. The Morgan fingerprint density at radius 1 is 0.971 bits per heavy atom. The molecule has 0 spiro atoms. The normalized spacial score (nSPS) is 12.3. The number of amides is 2. The molecule has 0 unspecified atom stereocenters. The van der Waals surface area contributed by atoms with E-state index in [1.807, 2.05) is 19.0 Å². The Morgan fingerprint density at radius 2 is 1.63 bits per heavy atom. The zero-order valence-electron chi connectivity index (χ0n) is 20.4. The SMILES string of the molecule is CN(C)CCCNC(=O)/C(=C/c1cn(S(=O)(=O)N(C)C)c2ccccc12)NC(=O)c1ccccc1. The number of nitrogens with one attached hydrogen (secondary N) is 2. The lowest BCUT2D eigenvalue weighted by Gasteiger charge is -2.13. The van der Waals surface area contributed by atoms with Gasteiger partial charge in [-0.05, 0) is 51.3 Å². The Labute approximate surface area is 206 Å². The lowest BCUT2D eigenvalue weighted by atomic mass is 10.1. The largest absolute Gasteiger partial charge is 0.351 e. The monoisotopic (exact) mass is 497 g/mol. The molecule has 0 saturated carbocycles. The Hall–Kier alpha value is -3.47. The summed E-state index contributed by atoms with van der Waals surface area (Å²) in [6.07, 6.45) is 3.69. The Morgan fingerprint density at radius 3 is 2.29 bits per heavy atom. The zero-order chi connectivity index (χ0) is 25.6. The minimum absolute atomic E-state index is 0.0221. The summed E-state index contributed by atoms with van der Waals surface area (Å²) in [4.78, 5) is 27.9. The summed E-state index contributed by atoms with van der Waals surface area (Å²) < 4.78 is 28.1. The number of hydrogen-bond donors (Lipinski definition) is 2. The number of hydrogen-bond acceptors (Lipinski definition) is 5. The van der Waals surface area contributed by atoms with Crippen LogP contribution in [0.4, 0.5) is 0 Å². The van der Waals surface area contributed by atoms with Gasteiger partial charge in [0, 0.05) is 43.4 Å². The second kappa shape index (κ2) is 11.3. The molecule has 9 nitrogen and oxygen atoms in total. The smallest absolute Gasteiger partial charge is 0.307 e. The van der Waals surface area contributed by atoms with Gasteiger partial charge in [-0.3, -0.25) is 9.59 Å². The van der Waals surface area contributed by atoms with Crippen molar-refractivity contribution in [2.24, 2.45) is 0 Å². The number of rotatable bonds is 10. The number of aromatic nitrogens is 1. The number of carbonyl (C=O) groups excluding carboxylic acids is 2. The van der Waals surface area contributed by atoms with Gasteiger partial charge in [-0.2, -0.15) is 12.7 Å². The third-order valence-electron chi connectivity index (χ3n) is 5.32. The van der Waals surface area contributed by atoms with Crippen LogP contribution in [0.3, 0.4) is 0 Å². The number of carbonyl (C=O) groups is 2. The van der Waals surface area contributed by atoms with Crippen molar-refractivity contribution in [1.82, 2.24) is 23.8 Å². The molecule has 1 heterocycles. The molecule has 35 heavy (non-hydrogen) atoms. The molecule has 2 amide bonds. The van der Waals surface area contributed by atoms with E-state index in [1.165, 1.54) is 30.3 Å². The van der Waals surface area contributed by atoms with Gasteiger partial charge in [0.2, 0.25) is 0 Å². The molecule has 2 N–H and O–H groups in total. The van der Waals surface area contributed by atoms with Crippen LogP contribution in [0.1, 0.15) is 22.3 Å². The molecule has 0 aliphatic carbocycles. The van der Waals surface area contributed by atoms with Crippen LogP contribution >= 0.6 is 0 Å². The van der Waals surface area contributed by atoms with E-state index in [0.717, 1.165) is 17.3 Å². The first-order valence-corrected chi connectivity index (χ1v) is 12.5. The number of nitrogens with zero attached hydrogens (tertiary/aromatic N) is 3. The van der Waals surface area contributed by atoms with E-state index in [2.05, 4.69) is 10.6 Å². The van der Waals surface area contributed by atoms with Gasteiger partial charge in [0.1, 0.15) is 5.70 Å². The first-order valence-electron chi connectivity index (χ1n) is 11.2. The van der Waals surface area contributed by atoms with Crippen molar-refractivity contribution < 1.29 is 18.0 Å². The average molecular weight is 498 g/mol. The van der Waals surface area contributed by atoms with Gasteiger partial charge in [0.15, 0.2) is 0 Å². The first kappa shape index (κ1) is 26.1. The van der Waals surface area contributed by atoms with Gasteiger partial charge in [0.05, 0.1) is 5.52 Å². The molecule has 186 valence electrons. The topological polar surface area (TPSA) is 104 Å². The molecule has 0 fully saturated rings. The van der Waals surface area contributed by atoms with Crippen LogP contribution in [-0.2, 0) is 15.0 Å². The molecule has 0 atom stereocenters. The molecule has 0 aliphatic rings. The number of para-hydroxylation sites is 1. The summed E-state index contributed by atoms with van der Waals surface area (Å²) in [6.45, 7) is 1.22. The van der Waals surface area contributed by atoms with Crippen LogP contribution in [0.25, 0.3) is 17.0 Å². The maximum atomic E-state index is 13.1. The van der Waals surface area contributed by atoms with Gasteiger partial charge >= 0.3 is 10.2 Å². The summed E-state index contributed by atoms with van der Waals surface area (Å²) in [6, 6.07) is 15.6. The van der Waals surface area contributed by atoms with Crippen molar-refractivity contribution in [3.8, 4) is 0 Å². The van der Waals surface area contributed by atoms with Gasteiger partial charge in [0.25, 0.3) is 11.8 Å². The quantitative estimate of drug-likeness (QED) is 0.330. The van der Waals surface area contributed by atoms with E-state index in [0.29, 0.717) is 28.6 Å². The summed E-state index contributed by atoms with van der Waals surface area (Å²) in [5.41, 5.74) is 1.37. The van der Waals surface area contributed by atoms with E-state index in [1.54, 1.807) is 54.6 Å². The van der Waals surface area contributed by atoms with E-state index in [9.17, 15) is 18.0 Å². The van der Waals surface area contributed by atoms with Crippen molar-refractivity contribution >= 4 is 39.0 Å². The molecule has 2 aromatic carbocycles. The van der Waals surface area contributed by atoms with Crippen molar-refractivity contribution in [3.63, 3.8) is 0 Å². The average Bonchev–Trinajstić information content (AvgIpc) is 3.20. The summed E-state index contributed by atoms with van der Waals surface area (Å²) in [7, 11) is 3.00. The minimum atomic E-state index is -3.80. The molecule has 0 saturated heterocycles. The molecular weight excluding hydrogens is 466 g/mol. The van der Waals surface area contributed by atoms with Crippen LogP contribution in [0, 0.1) is 0 Å². The van der Waals surface area contributed by atoms with E-state index in [-0.39, 0.29) is 5.70 Å². The Kier molecular flexibility index (Phi) is 8.44. The lowest BCUT2D eigenvalue weighted by Crippen LogP contribution is -2.36. The molecule has 0 bridgehead atoms. The highest BCUT2D eigenvalue weighted by atomic mass is 32.2. The maximum absolute atomic E-state index is 13.1. The fraction of sp³-hybridized carbons (Fsp3) is 0.280. The van der Waals surface area contributed by atoms with Crippen molar-refractivity contribution in [1.29, 1.82) is 0 Å². The lowest BCUT2D eigenvalue weighted by molar-refractivity contribution is -0.117. The van der Waals surface area contributed by atoms with Crippen LogP contribution in [0.5, 0.6) is 0 Å². The van der Waals surface area contributed by atoms with E-state index in [4.69, 9.17) is 0 Å². The fourth-order valence-electron chi connectivity index (χ4n) is 3.45. The highest BCUT2D eigenvalue weighted by Gasteiger charge is 2.22. The van der Waals surface area contributed by atoms with Gasteiger partial charge < -0.3 is 15.5 Å². The predicted octanol–water partition coefficient (Wildman–Crippen LogP) is 2.13. The van der Waals surface area contributed by atoms with Crippen molar-refractivity contribution in [2.75, 3.05) is 41.3 Å². The van der Waals surface area contributed by atoms with Crippen molar-refractivity contribution in [3.05, 3.63) is 77.6 Å². The maximum Gasteiger partial charge on any atom is 0.307 e. The Balaban J connectivity index is 2.02. The van der Waals surface area contributed by atoms with Gasteiger partial charge in [-0.15, -0.1) is 0 Å². The zero-order valence-corrected chi connectivity index (χ0v) is 21.2. The highest BCUT2D eigenvalue weighted by molar-refractivity contribution is 7.87. The summed E-state index contributed by atoms with van der Waals surface area (Å²) in [5.74, 6) is -0.898. The van der Waals surface area contributed by atoms with Crippen molar-refractivity contribution in [2.45, 2.75) is 6.42 Å². The highest BCUT2D eigenvalue weighted by Crippen LogP contribution is 2.25.